The lowest BCUT2D eigenvalue weighted by Gasteiger charge is -2.27. The average molecular weight is 430 g/mol. The lowest BCUT2D eigenvalue weighted by molar-refractivity contribution is -0.385. The zero-order valence-corrected chi connectivity index (χ0v) is 15.9. The van der Waals surface area contributed by atoms with Crippen molar-refractivity contribution in [3.8, 4) is 0 Å². The van der Waals surface area contributed by atoms with Gasteiger partial charge in [0.25, 0.3) is 17.5 Å². The predicted molar refractivity (Wildman–Crippen MR) is 101 cm³/mol. The molecule has 2 aromatic carbocycles. The van der Waals surface area contributed by atoms with Crippen LogP contribution in [0.5, 0.6) is 0 Å². The zero-order chi connectivity index (χ0) is 19.1. The standard InChI is InChI=1S/C19H16BrN3O4/c20-15-6-2-1-4-12(15)10-21(13-8-9-13)11-22-18(24)14-5-3-7-16(23(26)27)17(14)19(22)25/h1-7,13H,8-11H2. The fraction of sp³-hybridized carbons (Fsp3) is 0.263. The highest BCUT2D eigenvalue weighted by Crippen LogP contribution is 2.34. The Balaban J connectivity index is 1.61. The molecule has 0 aromatic heterocycles. The maximum atomic E-state index is 12.8. The van der Waals surface area contributed by atoms with Gasteiger partial charge < -0.3 is 0 Å². The van der Waals surface area contributed by atoms with E-state index in [0.717, 1.165) is 27.8 Å². The van der Waals surface area contributed by atoms with Gasteiger partial charge in [-0.2, -0.15) is 0 Å². The SMILES string of the molecule is O=C1c2cccc([N+](=O)[O-])c2C(=O)N1CN(Cc1ccccc1Br)C1CC1. The number of fused-ring (bicyclic) bond motifs is 1. The molecule has 0 atom stereocenters. The molecule has 0 bridgehead atoms. The maximum absolute atomic E-state index is 12.8. The molecule has 7 nitrogen and oxygen atoms in total. The number of rotatable bonds is 6. The molecule has 2 aromatic rings. The number of halogens is 1. The molecule has 8 heteroatoms. The van der Waals surface area contributed by atoms with Crippen LogP contribution in [0.25, 0.3) is 0 Å². The summed E-state index contributed by atoms with van der Waals surface area (Å²) in [5.74, 6) is -1.07. The topological polar surface area (TPSA) is 83.8 Å². The summed E-state index contributed by atoms with van der Waals surface area (Å²) in [6.07, 6.45) is 2.02. The van der Waals surface area contributed by atoms with Crippen LogP contribution in [0.1, 0.15) is 39.1 Å². The fourth-order valence-electron chi connectivity index (χ4n) is 3.36. The molecule has 0 saturated heterocycles. The van der Waals surface area contributed by atoms with Gasteiger partial charge in [-0.1, -0.05) is 40.2 Å². The van der Waals surface area contributed by atoms with E-state index in [1.54, 1.807) is 0 Å². The van der Waals surface area contributed by atoms with E-state index in [0.29, 0.717) is 12.6 Å². The van der Waals surface area contributed by atoms with Gasteiger partial charge in [0.15, 0.2) is 0 Å². The Hall–Kier alpha value is -2.58. The van der Waals surface area contributed by atoms with Crippen LogP contribution in [0, 0.1) is 10.1 Å². The number of nitro groups is 1. The molecular formula is C19H16BrN3O4. The first-order chi connectivity index (χ1) is 13.0. The van der Waals surface area contributed by atoms with E-state index in [1.807, 2.05) is 24.3 Å². The van der Waals surface area contributed by atoms with E-state index in [2.05, 4.69) is 20.8 Å². The van der Waals surface area contributed by atoms with Crippen LogP contribution in [0.15, 0.2) is 46.9 Å². The van der Waals surface area contributed by atoms with Crippen LogP contribution in [0.2, 0.25) is 0 Å². The van der Waals surface area contributed by atoms with Crippen LogP contribution in [0.3, 0.4) is 0 Å². The first-order valence-electron chi connectivity index (χ1n) is 8.58. The Morgan fingerprint density at radius 2 is 1.85 bits per heavy atom. The van der Waals surface area contributed by atoms with Gasteiger partial charge in [0.1, 0.15) is 5.56 Å². The Bertz CT molecular complexity index is 958. The van der Waals surface area contributed by atoms with E-state index in [-0.39, 0.29) is 23.5 Å². The van der Waals surface area contributed by atoms with Crippen molar-refractivity contribution >= 4 is 33.4 Å². The predicted octanol–water partition coefficient (Wildman–Crippen LogP) is 3.58. The molecule has 0 unspecified atom stereocenters. The van der Waals surface area contributed by atoms with Gasteiger partial charge in [0, 0.05) is 23.1 Å². The monoisotopic (exact) mass is 429 g/mol. The van der Waals surface area contributed by atoms with Crippen molar-refractivity contribution < 1.29 is 14.5 Å². The molecule has 4 rings (SSSR count). The van der Waals surface area contributed by atoms with E-state index >= 15 is 0 Å². The highest BCUT2D eigenvalue weighted by atomic mass is 79.9. The molecular weight excluding hydrogens is 414 g/mol. The first-order valence-corrected chi connectivity index (χ1v) is 9.37. The number of amides is 2. The highest BCUT2D eigenvalue weighted by molar-refractivity contribution is 9.10. The van der Waals surface area contributed by atoms with Crippen molar-refractivity contribution in [2.45, 2.75) is 25.4 Å². The Morgan fingerprint density at radius 1 is 1.11 bits per heavy atom. The first kappa shape index (κ1) is 17.8. The van der Waals surface area contributed by atoms with Crippen LogP contribution < -0.4 is 0 Å². The van der Waals surface area contributed by atoms with E-state index in [4.69, 9.17) is 0 Å². The number of imide groups is 1. The summed E-state index contributed by atoms with van der Waals surface area (Å²) in [4.78, 5) is 39.3. The van der Waals surface area contributed by atoms with E-state index in [1.165, 1.54) is 18.2 Å². The molecule has 0 N–H and O–H groups in total. The summed E-state index contributed by atoms with van der Waals surface area (Å²) in [7, 11) is 0. The molecule has 1 fully saturated rings. The lowest BCUT2D eigenvalue weighted by Crippen LogP contribution is -2.42. The number of nitrogens with zero attached hydrogens (tertiary/aromatic N) is 3. The summed E-state index contributed by atoms with van der Waals surface area (Å²) in [6, 6.07) is 12.3. The van der Waals surface area contributed by atoms with Crippen LogP contribution in [-0.4, -0.2) is 39.2 Å². The molecule has 1 heterocycles. The number of carbonyl (C=O) groups excluding carboxylic acids is 2. The van der Waals surface area contributed by atoms with E-state index in [9.17, 15) is 19.7 Å². The Kier molecular flexibility index (Phi) is 4.53. The normalized spacial score (nSPS) is 16.1. The van der Waals surface area contributed by atoms with Crippen molar-refractivity contribution in [3.05, 3.63) is 73.7 Å². The molecule has 2 aliphatic rings. The summed E-state index contributed by atoms with van der Waals surface area (Å²) in [5, 5.41) is 11.2. The molecule has 1 aliphatic carbocycles. The van der Waals surface area contributed by atoms with Crippen LogP contribution in [0.4, 0.5) is 5.69 Å². The Labute approximate surface area is 163 Å². The smallest absolute Gasteiger partial charge is 0.278 e. The number of carbonyl (C=O) groups is 2. The van der Waals surface area contributed by atoms with Crippen molar-refractivity contribution in [3.63, 3.8) is 0 Å². The second-order valence-electron chi connectivity index (χ2n) is 6.71. The minimum atomic E-state index is -0.618. The van der Waals surface area contributed by atoms with Gasteiger partial charge in [-0.15, -0.1) is 0 Å². The number of hydrogen-bond donors (Lipinski definition) is 0. The third-order valence-electron chi connectivity index (χ3n) is 4.89. The summed E-state index contributed by atoms with van der Waals surface area (Å²) in [6.45, 7) is 0.705. The van der Waals surface area contributed by atoms with Crippen molar-refractivity contribution in [2.24, 2.45) is 0 Å². The minimum Gasteiger partial charge on any atom is -0.278 e. The second-order valence-corrected chi connectivity index (χ2v) is 7.56. The van der Waals surface area contributed by atoms with Crippen molar-refractivity contribution in [2.75, 3.05) is 6.67 Å². The zero-order valence-electron chi connectivity index (χ0n) is 14.3. The number of hydrogen-bond acceptors (Lipinski definition) is 5. The van der Waals surface area contributed by atoms with Crippen molar-refractivity contribution in [1.82, 2.24) is 9.80 Å². The van der Waals surface area contributed by atoms with Crippen molar-refractivity contribution in [1.29, 1.82) is 0 Å². The molecule has 1 aliphatic heterocycles. The third-order valence-corrected chi connectivity index (χ3v) is 5.66. The highest BCUT2D eigenvalue weighted by Gasteiger charge is 2.43. The van der Waals surface area contributed by atoms with Gasteiger partial charge in [-0.05, 0) is 30.5 Å². The van der Waals surface area contributed by atoms with Gasteiger partial charge >= 0.3 is 0 Å². The summed E-state index contributed by atoms with van der Waals surface area (Å²) >= 11 is 3.53. The molecule has 1 saturated carbocycles. The van der Waals surface area contributed by atoms with Crippen LogP contribution >= 0.6 is 15.9 Å². The van der Waals surface area contributed by atoms with Gasteiger partial charge in [0.05, 0.1) is 17.2 Å². The molecule has 0 spiro atoms. The lowest BCUT2D eigenvalue weighted by atomic mass is 10.1. The molecule has 0 radical (unpaired) electrons. The minimum absolute atomic E-state index is 0.103. The summed E-state index contributed by atoms with van der Waals surface area (Å²) < 4.78 is 0.966. The number of benzene rings is 2. The quantitative estimate of drug-likeness (QED) is 0.398. The van der Waals surface area contributed by atoms with Gasteiger partial charge in [-0.25, -0.2) is 0 Å². The van der Waals surface area contributed by atoms with Gasteiger partial charge in [0.2, 0.25) is 0 Å². The maximum Gasteiger partial charge on any atom is 0.282 e. The second kappa shape index (κ2) is 6.86. The number of nitro benzene ring substituents is 1. The van der Waals surface area contributed by atoms with Gasteiger partial charge in [-0.3, -0.25) is 29.5 Å². The third kappa shape index (κ3) is 3.26. The summed E-state index contributed by atoms with van der Waals surface area (Å²) in [5.41, 5.74) is 0.735. The van der Waals surface area contributed by atoms with Crippen LogP contribution in [-0.2, 0) is 6.54 Å². The largest absolute Gasteiger partial charge is 0.282 e. The average Bonchev–Trinajstić information content (AvgIpc) is 3.46. The fourth-order valence-corrected chi connectivity index (χ4v) is 3.77. The Morgan fingerprint density at radius 3 is 2.52 bits per heavy atom. The molecule has 138 valence electrons. The molecule has 2 amide bonds. The molecule has 27 heavy (non-hydrogen) atoms. The van der Waals surface area contributed by atoms with E-state index < -0.39 is 16.7 Å².